The molecule has 0 fully saturated rings. The number of amides is 1. The summed E-state index contributed by atoms with van der Waals surface area (Å²) in [6.07, 6.45) is 0. The second-order valence-corrected chi connectivity index (χ2v) is 5.10. The van der Waals surface area contributed by atoms with Crippen molar-refractivity contribution < 1.29 is 4.79 Å². The number of para-hydroxylation sites is 2. The first kappa shape index (κ1) is 12.6. The van der Waals surface area contributed by atoms with Crippen LogP contribution in [0.25, 0.3) is 5.57 Å². The van der Waals surface area contributed by atoms with E-state index in [0.717, 1.165) is 33.9 Å². The Bertz CT molecular complexity index is 851. The van der Waals surface area contributed by atoms with Crippen LogP contribution in [0, 0.1) is 0 Å². The molecule has 2 heterocycles. The van der Waals surface area contributed by atoms with Crippen LogP contribution in [0.3, 0.4) is 0 Å². The minimum atomic E-state index is -0.111. The largest absolute Gasteiger partial charge is 0.352 e. The second-order valence-electron chi connectivity index (χ2n) is 5.10. The quantitative estimate of drug-likeness (QED) is 0.558. The first-order chi connectivity index (χ1) is 10.8. The molecule has 4 rings (SSSR count). The first-order valence-corrected chi connectivity index (χ1v) is 7.06. The molecule has 0 bridgehead atoms. The topological polar surface area (TPSA) is 65.5 Å². The van der Waals surface area contributed by atoms with Gasteiger partial charge in [-0.15, -0.1) is 0 Å². The summed E-state index contributed by atoms with van der Waals surface area (Å²) in [6.45, 7) is 0. The number of hydrogen-bond donors (Lipinski definition) is 3. The van der Waals surface area contributed by atoms with Gasteiger partial charge in [0, 0.05) is 29.5 Å². The molecule has 0 saturated heterocycles. The molecule has 2 aromatic carbocycles. The molecule has 0 aromatic heterocycles. The van der Waals surface area contributed by atoms with Gasteiger partial charge in [0.2, 0.25) is 0 Å². The van der Waals surface area contributed by atoms with Crippen molar-refractivity contribution in [2.24, 2.45) is 5.10 Å². The number of allylic oxidation sites excluding steroid dienone is 1. The van der Waals surface area contributed by atoms with Crippen LogP contribution < -0.4 is 16.1 Å². The summed E-state index contributed by atoms with van der Waals surface area (Å²) in [5.74, 6) is -0.111. The highest BCUT2D eigenvalue weighted by atomic mass is 16.2. The van der Waals surface area contributed by atoms with E-state index in [0.29, 0.717) is 5.57 Å². The summed E-state index contributed by atoms with van der Waals surface area (Å²) in [7, 11) is 1.75. The van der Waals surface area contributed by atoms with Crippen LogP contribution in [-0.4, -0.2) is 18.7 Å². The van der Waals surface area contributed by atoms with Crippen LogP contribution in [0.4, 0.5) is 11.4 Å². The molecule has 108 valence electrons. The summed E-state index contributed by atoms with van der Waals surface area (Å²) in [6, 6.07) is 15.6. The van der Waals surface area contributed by atoms with Gasteiger partial charge in [-0.2, -0.15) is 5.10 Å². The van der Waals surface area contributed by atoms with E-state index in [1.807, 2.05) is 48.5 Å². The molecule has 0 aliphatic carbocycles. The zero-order valence-corrected chi connectivity index (χ0v) is 12.0. The standard InChI is InChI=1S/C17H14N4O/c1-18-21-15-11-7-3-5-9-13(11)19-16(15)14-10-6-2-4-8-12(10)20-17(14)22/h2-9,18-19H,1H3,(H,20,22)/b16-14-,21-15+. The average molecular weight is 290 g/mol. The number of fused-ring (bicyclic) bond motifs is 2. The third-order valence-electron chi connectivity index (χ3n) is 3.82. The Labute approximate surface area is 127 Å². The van der Waals surface area contributed by atoms with E-state index in [2.05, 4.69) is 21.2 Å². The minimum Gasteiger partial charge on any atom is -0.352 e. The zero-order chi connectivity index (χ0) is 15.1. The number of hydrazone groups is 1. The SMILES string of the molecule is CN/N=C1/C(=C2/C(=O)Nc3ccccc32)Nc2ccccc21. The number of carbonyl (C=O) groups is 1. The van der Waals surface area contributed by atoms with Crippen LogP contribution in [0.5, 0.6) is 0 Å². The fourth-order valence-corrected chi connectivity index (χ4v) is 2.90. The highest BCUT2D eigenvalue weighted by Gasteiger charge is 2.33. The number of carbonyl (C=O) groups excluding carboxylic acids is 1. The van der Waals surface area contributed by atoms with Gasteiger partial charge in [-0.05, 0) is 12.1 Å². The lowest BCUT2D eigenvalue weighted by Crippen LogP contribution is -2.14. The van der Waals surface area contributed by atoms with Gasteiger partial charge in [-0.1, -0.05) is 36.4 Å². The zero-order valence-electron chi connectivity index (χ0n) is 12.0. The van der Waals surface area contributed by atoms with Crippen LogP contribution in [0.15, 0.2) is 59.3 Å². The van der Waals surface area contributed by atoms with Crippen molar-refractivity contribution in [1.29, 1.82) is 0 Å². The molecule has 0 atom stereocenters. The lowest BCUT2D eigenvalue weighted by molar-refractivity contribution is -0.110. The average Bonchev–Trinajstić information content (AvgIpc) is 3.05. The molecule has 22 heavy (non-hydrogen) atoms. The number of hydrogen-bond acceptors (Lipinski definition) is 4. The highest BCUT2D eigenvalue weighted by molar-refractivity contribution is 6.39. The summed E-state index contributed by atoms with van der Waals surface area (Å²) < 4.78 is 0. The van der Waals surface area contributed by atoms with Crippen molar-refractivity contribution in [3.63, 3.8) is 0 Å². The Kier molecular flexibility index (Phi) is 2.72. The van der Waals surface area contributed by atoms with E-state index in [9.17, 15) is 4.79 Å². The molecule has 1 amide bonds. The smallest absolute Gasteiger partial charge is 0.258 e. The van der Waals surface area contributed by atoms with Crippen LogP contribution in [0.1, 0.15) is 11.1 Å². The molecule has 2 aromatic rings. The van der Waals surface area contributed by atoms with Gasteiger partial charge >= 0.3 is 0 Å². The van der Waals surface area contributed by atoms with Crippen molar-refractivity contribution in [2.75, 3.05) is 17.7 Å². The highest BCUT2D eigenvalue weighted by Crippen LogP contribution is 2.38. The Hall–Kier alpha value is -3.08. The van der Waals surface area contributed by atoms with E-state index < -0.39 is 0 Å². The molecule has 0 unspecified atom stereocenters. The fourth-order valence-electron chi connectivity index (χ4n) is 2.90. The maximum atomic E-state index is 12.4. The molecule has 0 radical (unpaired) electrons. The van der Waals surface area contributed by atoms with Crippen LogP contribution in [-0.2, 0) is 4.79 Å². The third-order valence-corrected chi connectivity index (χ3v) is 3.82. The predicted molar refractivity (Wildman–Crippen MR) is 87.7 cm³/mol. The first-order valence-electron chi connectivity index (χ1n) is 7.06. The van der Waals surface area contributed by atoms with Gasteiger partial charge in [-0.25, -0.2) is 0 Å². The van der Waals surface area contributed by atoms with Gasteiger partial charge in [0.05, 0.1) is 11.3 Å². The lowest BCUT2D eigenvalue weighted by Gasteiger charge is -2.06. The summed E-state index contributed by atoms with van der Waals surface area (Å²) in [5, 5.41) is 10.6. The third kappa shape index (κ3) is 1.72. The molecule has 0 spiro atoms. The molecular weight excluding hydrogens is 276 g/mol. The molecule has 0 saturated carbocycles. The Morgan fingerprint density at radius 2 is 1.55 bits per heavy atom. The maximum absolute atomic E-state index is 12.4. The van der Waals surface area contributed by atoms with Crippen molar-refractivity contribution in [3.05, 3.63) is 65.4 Å². The summed E-state index contributed by atoms with van der Waals surface area (Å²) in [4.78, 5) is 12.4. The number of nitrogens with one attached hydrogen (secondary N) is 3. The normalized spacial score (nSPS) is 20.4. The molecule has 2 aliphatic heterocycles. The van der Waals surface area contributed by atoms with Crippen molar-refractivity contribution >= 4 is 28.6 Å². The Balaban J connectivity index is 1.97. The van der Waals surface area contributed by atoms with Gasteiger partial charge in [-0.3, -0.25) is 4.79 Å². The molecule has 3 N–H and O–H groups in total. The summed E-state index contributed by atoms with van der Waals surface area (Å²) >= 11 is 0. The van der Waals surface area contributed by atoms with Crippen molar-refractivity contribution in [2.45, 2.75) is 0 Å². The van der Waals surface area contributed by atoms with E-state index >= 15 is 0 Å². The minimum absolute atomic E-state index is 0.111. The maximum Gasteiger partial charge on any atom is 0.258 e. The fraction of sp³-hybridized carbons (Fsp3) is 0.0588. The van der Waals surface area contributed by atoms with E-state index in [1.54, 1.807) is 7.05 Å². The second kappa shape index (κ2) is 4.73. The Morgan fingerprint density at radius 1 is 0.909 bits per heavy atom. The molecular formula is C17H14N4O. The number of benzene rings is 2. The summed E-state index contributed by atoms with van der Waals surface area (Å²) in [5.41, 5.74) is 8.60. The van der Waals surface area contributed by atoms with E-state index in [4.69, 9.17) is 0 Å². The van der Waals surface area contributed by atoms with Gasteiger partial charge in [0.1, 0.15) is 5.71 Å². The van der Waals surface area contributed by atoms with Gasteiger partial charge in [0.25, 0.3) is 5.91 Å². The van der Waals surface area contributed by atoms with Crippen molar-refractivity contribution in [1.82, 2.24) is 5.43 Å². The van der Waals surface area contributed by atoms with E-state index in [1.165, 1.54) is 0 Å². The van der Waals surface area contributed by atoms with Crippen LogP contribution in [0.2, 0.25) is 0 Å². The van der Waals surface area contributed by atoms with Crippen molar-refractivity contribution in [3.8, 4) is 0 Å². The van der Waals surface area contributed by atoms with Gasteiger partial charge < -0.3 is 16.1 Å². The Morgan fingerprint density at radius 3 is 2.27 bits per heavy atom. The molecule has 5 nitrogen and oxygen atoms in total. The molecule has 2 aliphatic rings. The van der Waals surface area contributed by atoms with Crippen LogP contribution >= 0.6 is 0 Å². The number of nitrogens with zero attached hydrogens (tertiary/aromatic N) is 1. The predicted octanol–water partition coefficient (Wildman–Crippen LogP) is 2.40. The number of anilines is 2. The van der Waals surface area contributed by atoms with Gasteiger partial charge in [0.15, 0.2) is 0 Å². The lowest BCUT2D eigenvalue weighted by atomic mass is 10.0. The molecule has 5 heteroatoms. The monoisotopic (exact) mass is 290 g/mol. The van der Waals surface area contributed by atoms with E-state index in [-0.39, 0.29) is 5.91 Å². The number of rotatable bonds is 1.